The van der Waals surface area contributed by atoms with E-state index in [0.717, 1.165) is 34.3 Å². The molecule has 30 heavy (non-hydrogen) atoms. The molecule has 1 aliphatic heterocycles. The molecule has 4 heterocycles. The van der Waals surface area contributed by atoms with Crippen molar-refractivity contribution in [2.24, 2.45) is 0 Å². The predicted octanol–water partition coefficient (Wildman–Crippen LogP) is 3.86. The molecule has 4 aromatic rings. The van der Waals surface area contributed by atoms with Crippen molar-refractivity contribution in [2.75, 3.05) is 0 Å². The van der Waals surface area contributed by atoms with E-state index in [9.17, 15) is 18.0 Å². The van der Waals surface area contributed by atoms with Gasteiger partial charge >= 0.3 is 6.18 Å². The molecule has 0 unspecified atom stereocenters. The summed E-state index contributed by atoms with van der Waals surface area (Å²) >= 11 is 0. The molecule has 0 saturated heterocycles. The summed E-state index contributed by atoms with van der Waals surface area (Å²) in [6.07, 6.45) is -0.187. The van der Waals surface area contributed by atoms with Crippen molar-refractivity contribution >= 4 is 22.5 Å². The second kappa shape index (κ2) is 6.81. The number of aromatic nitrogens is 3. The van der Waals surface area contributed by atoms with E-state index in [1.165, 1.54) is 16.7 Å². The molecule has 0 bridgehead atoms. The topological polar surface area (TPSA) is 68.5 Å². The minimum atomic E-state index is -4.43. The van der Waals surface area contributed by atoms with Gasteiger partial charge in [-0.05, 0) is 35.9 Å². The number of halogens is 3. The van der Waals surface area contributed by atoms with Crippen LogP contribution in [0.1, 0.15) is 32.7 Å². The summed E-state index contributed by atoms with van der Waals surface area (Å²) in [4.78, 5) is 21.3. The van der Waals surface area contributed by atoms with Crippen LogP contribution in [-0.2, 0) is 30.7 Å². The number of pyridine rings is 2. The van der Waals surface area contributed by atoms with E-state index < -0.39 is 11.7 Å². The molecular weight excluding hydrogens is 397 g/mol. The summed E-state index contributed by atoms with van der Waals surface area (Å²) < 4.78 is 45.3. The lowest BCUT2D eigenvalue weighted by molar-refractivity contribution is -0.137. The Kier molecular flexibility index (Phi) is 4.21. The van der Waals surface area contributed by atoms with Gasteiger partial charge in [0, 0.05) is 35.1 Å². The van der Waals surface area contributed by atoms with Crippen molar-refractivity contribution in [3.63, 3.8) is 0 Å². The number of alkyl halides is 3. The lowest BCUT2D eigenvalue weighted by atomic mass is 10.0. The summed E-state index contributed by atoms with van der Waals surface area (Å²) in [5, 5.41) is 3.64. The number of benzene rings is 1. The van der Waals surface area contributed by atoms with Crippen molar-refractivity contribution in [3.05, 3.63) is 76.9 Å². The third kappa shape index (κ3) is 3.26. The number of amides is 1. The molecule has 0 spiro atoms. The maximum absolute atomic E-state index is 12.9. The largest absolute Gasteiger partial charge is 0.417 e. The van der Waals surface area contributed by atoms with E-state index in [4.69, 9.17) is 4.74 Å². The maximum atomic E-state index is 12.9. The number of nitrogens with zero attached hydrogens (tertiary/aromatic N) is 3. The first-order valence-corrected chi connectivity index (χ1v) is 9.20. The average Bonchev–Trinajstić information content (AvgIpc) is 3.36. The molecule has 9 heteroatoms. The summed E-state index contributed by atoms with van der Waals surface area (Å²) in [6, 6.07) is 7.53. The molecule has 0 aliphatic carbocycles. The molecule has 1 amide bonds. The first-order valence-electron chi connectivity index (χ1n) is 9.20. The SMILES string of the molecule is O=C(NCc1cn2cc(C(F)(F)F)ccc2n1)c1ccc2ncc3c(c2c1)COC3. The van der Waals surface area contributed by atoms with Gasteiger partial charge in [-0.3, -0.25) is 9.78 Å². The van der Waals surface area contributed by atoms with Gasteiger partial charge < -0.3 is 14.5 Å². The van der Waals surface area contributed by atoms with E-state index in [1.54, 1.807) is 24.4 Å². The zero-order chi connectivity index (χ0) is 20.9. The van der Waals surface area contributed by atoms with Crippen LogP contribution in [0.2, 0.25) is 0 Å². The first-order chi connectivity index (χ1) is 14.4. The van der Waals surface area contributed by atoms with Gasteiger partial charge in [0.1, 0.15) is 5.65 Å². The molecule has 0 atom stereocenters. The van der Waals surface area contributed by atoms with Crippen LogP contribution < -0.4 is 5.32 Å². The fourth-order valence-electron chi connectivity index (χ4n) is 3.56. The molecule has 1 N–H and O–H groups in total. The Labute approximate surface area is 168 Å². The smallest absolute Gasteiger partial charge is 0.372 e. The average molecular weight is 412 g/mol. The molecule has 0 radical (unpaired) electrons. The van der Waals surface area contributed by atoms with Crippen LogP contribution in [0.5, 0.6) is 0 Å². The highest BCUT2D eigenvalue weighted by Crippen LogP contribution is 2.29. The van der Waals surface area contributed by atoms with Gasteiger partial charge in [-0.25, -0.2) is 4.98 Å². The van der Waals surface area contributed by atoms with Gasteiger partial charge in [-0.1, -0.05) is 0 Å². The van der Waals surface area contributed by atoms with Crippen molar-refractivity contribution in [1.82, 2.24) is 19.7 Å². The van der Waals surface area contributed by atoms with Crippen LogP contribution in [-0.4, -0.2) is 20.3 Å². The Bertz CT molecular complexity index is 1300. The minimum absolute atomic E-state index is 0.0914. The van der Waals surface area contributed by atoms with Gasteiger partial charge in [-0.15, -0.1) is 0 Å². The normalized spacial score (nSPS) is 13.7. The monoisotopic (exact) mass is 412 g/mol. The highest BCUT2D eigenvalue weighted by Gasteiger charge is 2.30. The Hall–Kier alpha value is -3.46. The number of nitrogens with one attached hydrogen (secondary N) is 1. The number of ether oxygens (including phenoxy) is 1. The lowest BCUT2D eigenvalue weighted by Gasteiger charge is -2.07. The van der Waals surface area contributed by atoms with E-state index in [1.807, 2.05) is 0 Å². The van der Waals surface area contributed by atoms with Crippen LogP contribution in [0.15, 0.2) is 48.9 Å². The second-order valence-electron chi connectivity index (χ2n) is 7.08. The fourth-order valence-corrected chi connectivity index (χ4v) is 3.56. The van der Waals surface area contributed by atoms with Crippen molar-refractivity contribution in [2.45, 2.75) is 25.9 Å². The Morgan fingerprint density at radius 3 is 2.87 bits per heavy atom. The highest BCUT2D eigenvalue weighted by molar-refractivity contribution is 5.98. The lowest BCUT2D eigenvalue weighted by Crippen LogP contribution is -2.22. The highest BCUT2D eigenvalue weighted by atomic mass is 19.4. The van der Waals surface area contributed by atoms with Crippen molar-refractivity contribution < 1.29 is 22.7 Å². The van der Waals surface area contributed by atoms with E-state index in [0.29, 0.717) is 30.1 Å². The Morgan fingerprint density at radius 1 is 1.17 bits per heavy atom. The van der Waals surface area contributed by atoms with Crippen molar-refractivity contribution in [3.8, 4) is 0 Å². The second-order valence-corrected chi connectivity index (χ2v) is 7.08. The molecule has 3 aromatic heterocycles. The molecular formula is C21H15F3N4O2. The molecule has 6 nitrogen and oxygen atoms in total. The molecule has 1 aromatic carbocycles. The zero-order valence-electron chi connectivity index (χ0n) is 15.5. The minimum Gasteiger partial charge on any atom is -0.372 e. The molecule has 5 rings (SSSR count). The van der Waals surface area contributed by atoms with Gasteiger partial charge in [0.2, 0.25) is 0 Å². The van der Waals surface area contributed by atoms with E-state index in [2.05, 4.69) is 15.3 Å². The molecule has 0 saturated carbocycles. The van der Waals surface area contributed by atoms with Gasteiger partial charge in [0.25, 0.3) is 5.91 Å². The van der Waals surface area contributed by atoms with Gasteiger partial charge in [0.05, 0.1) is 36.5 Å². The van der Waals surface area contributed by atoms with Crippen molar-refractivity contribution in [1.29, 1.82) is 0 Å². The maximum Gasteiger partial charge on any atom is 0.417 e. The molecule has 0 fully saturated rings. The number of rotatable bonds is 3. The third-order valence-corrected chi connectivity index (χ3v) is 5.09. The number of imidazole rings is 1. The van der Waals surface area contributed by atoms with Gasteiger partial charge in [-0.2, -0.15) is 13.2 Å². The Morgan fingerprint density at radius 2 is 2.03 bits per heavy atom. The van der Waals surface area contributed by atoms with Crippen LogP contribution in [0.25, 0.3) is 16.6 Å². The van der Waals surface area contributed by atoms with Crippen LogP contribution in [0, 0.1) is 0 Å². The number of hydrogen-bond acceptors (Lipinski definition) is 4. The quantitative estimate of drug-likeness (QED) is 0.555. The summed E-state index contributed by atoms with van der Waals surface area (Å²) in [5.41, 5.74) is 3.38. The van der Waals surface area contributed by atoms with Crippen LogP contribution >= 0.6 is 0 Å². The van der Waals surface area contributed by atoms with E-state index in [-0.39, 0.29) is 12.5 Å². The molecule has 152 valence electrons. The molecule has 1 aliphatic rings. The first kappa shape index (κ1) is 18.6. The number of carbonyl (C=O) groups excluding carboxylic acids is 1. The summed E-state index contributed by atoms with van der Waals surface area (Å²) in [7, 11) is 0. The van der Waals surface area contributed by atoms with Crippen LogP contribution in [0.4, 0.5) is 13.2 Å². The number of carbonyl (C=O) groups is 1. The number of hydrogen-bond donors (Lipinski definition) is 1. The van der Waals surface area contributed by atoms with Crippen LogP contribution in [0.3, 0.4) is 0 Å². The summed E-state index contributed by atoms with van der Waals surface area (Å²) in [5.74, 6) is -0.304. The third-order valence-electron chi connectivity index (χ3n) is 5.09. The zero-order valence-corrected chi connectivity index (χ0v) is 15.5. The van der Waals surface area contributed by atoms with E-state index >= 15 is 0 Å². The number of fused-ring (bicyclic) bond motifs is 4. The summed E-state index contributed by atoms with van der Waals surface area (Å²) in [6.45, 7) is 1.09. The predicted molar refractivity (Wildman–Crippen MR) is 102 cm³/mol. The Balaban J connectivity index is 1.36. The standard InChI is InChI=1S/C21H15F3N4O2/c22-21(23,24)14-2-4-19-27-15(9-28(19)8-14)7-26-20(29)12-1-3-18-16(5-12)17-11-30-10-13(17)6-25-18/h1-6,8-9H,7,10-11H2,(H,26,29). The fraction of sp³-hybridized carbons (Fsp3) is 0.190. The van der Waals surface area contributed by atoms with Gasteiger partial charge in [0.15, 0.2) is 0 Å².